The molecule has 21 heavy (non-hydrogen) atoms. The van der Waals surface area contributed by atoms with Crippen molar-refractivity contribution in [2.75, 3.05) is 45.7 Å². The molecule has 1 amide bonds. The summed E-state index contributed by atoms with van der Waals surface area (Å²) < 4.78 is 0. The van der Waals surface area contributed by atoms with E-state index in [0.717, 1.165) is 19.6 Å². The van der Waals surface area contributed by atoms with Crippen molar-refractivity contribution in [1.82, 2.24) is 15.1 Å². The molecule has 116 valence electrons. The number of hydrogen-bond acceptors (Lipinski definition) is 5. The van der Waals surface area contributed by atoms with E-state index in [-0.39, 0.29) is 5.91 Å². The van der Waals surface area contributed by atoms with Crippen molar-refractivity contribution in [1.29, 1.82) is 0 Å². The fourth-order valence-corrected chi connectivity index (χ4v) is 2.63. The van der Waals surface area contributed by atoms with E-state index in [1.807, 2.05) is 0 Å². The predicted octanol–water partition coefficient (Wildman–Crippen LogP) is 0.601. The summed E-state index contributed by atoms with van der Waals surface area (Å²) in [6, 6.07) is 5.30. The first-order valence-electron chi connectivity index (χ1n) is 6.94. The number of hydrogen-bond donors (Lipinski definition) is 3. The first-order chi connectivity index (χ1) is 10.0. The van der Waals surface area contributed by atoms with Crippen LogP contribution in [0.3, 0.4) is 0 Å². The maximum absolute atomic E-state index is 12.3. The molecular formula is C14H22ClN5O. The third-order valence-electron chi connectivity index (χ3n) is 3.86. The topological polar surface area (TPSA) is 73.6 Å². The van der Waals surface area contributed by atoms with E-state index in [0.29, 0.717) is 28.9 Å². The quantitative estimate of drug-likeness (QED) is 0.561. The van der Waals surface area contributed by atoms with Gasteiger partial charge in [0, 0.05) is 37.2 Å². The Kier molecular flexibility index (Phi) is 5.41. The average molecular weight is 312 g/mol. The van der Waals surface area contributed by atoms with Crippen LogP contribution in [0.15, 0.2) is 18.2 Å². The van der Waals surface area contributed by atoms with Gasteiger partial charge in [0.05, 0.1) is 11.3 Å². The first kappa shape index (κ1) is 16.0. The summed E-state index contributed by atoms with van der Waals surface area (Å²) in [5.74, 6) is 5.26. The molecule has 6 nitrogen and oxygen atoms in total. The molecule has 7 heteroatoms. The van der Waals surface area contributed by atoms with Gasteiger partial charge in [0.25, 0.3) is 5.91 Å². The molecule has 0 saturated carbocycles. The monoisotopic (exact) mass is 311 g/mol. The standard InChI is InChI=1S/C14H22ClN5O/c1-19-5-6-20(2)11(9-19)8-17-14(21)12-7-10(15)3-4-13(12)18-16/h3-4,7,11,18H,5-6,8-9,16H2,1-2H3,(H,17,21). The summed E-state index contributed by atoms with van der Waals surface area (Å²) in [6.07, 6.45) is 0. The molecule has 1 atom stereocenters. The number of benzene rings is 1. The van der Waals surface area contributed by atoms with Crippen molar-refractivity contribution in [3.8, 4) is 0 Å². The third kappa shape index (κ3) is 4.07. The highest BCUT2D eigenvalue weighted by Crippen LogP contribution is 2.19. The number of likely N-dealkylation sites (N-methyl/N-ethyl adjacent to an activating group) is 2. The molecule has 1 heterocycles. The number of nitrogen functional groups attached to an aromatic ring is 1. The zero-order chi connectivity index (χ0) is 15.4. The Balaban J connectivity index is 2.00. The molecule has 1 aromatic carbocycles. The highest BCUT2D eigenvalue weighted by atomic mass is 35.5. The molecule has 1 saturated heterocycles. The van der Waals surface area contributed by atoms with Crippen LogP contribution in [0.25, 0.3) is 0 Å². The molecule has 1 aliphatic heterocycles. The smallest absolute Gasteiger partial charge is 0.253 e. The Bertz CT molecular complexity index is 510. The van der Waals surface area contributed by atoms with Crippen LogP contribution in [0.4, 0.5) is 5.69 Å². The van der Waals surface area contributed by atoms with Gasteiger partial charge in [-0.2, -0.15) is 0 Å². The second kappa shape index (κ2) is 7.09. The van der Waals surface area contributed by atoms with E-state index >= 15 is 0 Å². The van der Waals surface area contributed by atoms with Gasteiger partial charge in [-0.05, 0) is 32.3 Å². The molecular weight excluding hydrogens is 290 g/mol. The number of halogens is 1. The van der Waals surface area contributed by atoms with Crippen LogP contribution >= 0.6 is 11.6 Å². The lowest BCUT2D eigenvalue weighted by Gasteiger charge is -2.37. The molecule has 1 aromatic rings. The van der Waals surface area contributed by atoms with E-state index in [1.165, 1.54) is 0 Å². The average Bonchev–Trinajstić information content (AvgIpc) is 2.47. The van der Waals surface area contributed by atoms with E-state index in [9.17, 15) is 4.79 Å². The summed E-state index contributed by atoms with van der Waals surface area (Å²) in [5, 5.41) is 3.47. The number of hydrazine groups is 1. The minimum atomic E-state index is -0.174. The Morgan fingerprint density at radius 3 is 2.90 bits per heavy atom. The highest BCUT2D eigenvalue weighted by Gasteiger charge is 2.23. The Labute approximate surface area is 130 Å². The van der Waals surface area contributed by atoms with Crippen molar-refractivity contribution in [2.45, 2.75) is 6.04 Å². The number of nitrogens with two attached hydrogens (primary N) is 1. The number of nitrogens with one attached hydrogen (secondary N) is 2. The van der Waals surface area contributed by atoms with E-state index in [1.54, 1.807) is 18.2 Å². The molecule has 0 bridgehead atoms. The summed E-state index contributed by atoms with van der Waals surface area (Å²) in [4.78, 5) is 16.8. The van der Waals surface area contributed by atoms with Crippen LogP contribution < -0.4 is 16.6 Å². The van der Waals surface area contributed by atoms with Gasteiger partial charge in [-0.1, -0.05) is 11.6 Å². The van der Waals surface area contributed by atoms with Crippen molar-refractivity contribution in [3.05, 3.63) is 28.8 Å². The van der Waals surface area contributed by atoms with Crippen molar-refractivity contribution in [2.24, 2.45) is 5.84 Å². The lowest BCUT2D eigenvalue weighted by molar-refractivity contribution is 0.0882. The molecule has 4 N–H and O–H groups in total. The van der Waals surface area contributed by atoms with Gasteiger partial charge in [-0.3, -0.25) is 15.5 Å². The van der Waals surface area contributed by atoms with E-state index in [4.69, 9.17) is 17.4 Å². The maximum atomic E-state index is 12.3. The largest absolute Gasteiger partial charge is 0.350 e. The van der Waals surface area contributed by atoms with Crippen molar-refractivity contribution < 1.29 is 4.79 Å². The van der Waals surface area contributed by atoms with Gasteiger partial charge < -0.3 is 15.6 Å². The number of carbonyl (C=O) groups is 1. The molecule has 0 aromatic heterocycles. The number of rotatable bonds is 4. The summed E-state index contributed by atoms with van der Waals surface area (Å²) >= 11 is 5.95. The fraction of sp³-hybridized carbons (Fsp3) is 0.500. The van der Waals surface area contributed by atoms with Gasteiger partial charge in [-0.25, -0.2) is 0 Å². The Morgan fingerprint density at radius 2 is 2.19 bits per heavy atom. The van der Waals surface area contributed by atoms with Crippen LogP contribution in [-0.4, -0.2) is 62.0 Å². The molecule has 2 rings (SSSR count). The number of nitrogens with zero attached hydrogens (tertiary/aromatic N) is 2. The van der Waals surface area contributed by atoms with Gasteiger partial charge in [0.15, 0.2) is 0 Å². The number of carbonyl (C=O) groups excluding carboxylic acids is 1. The van der Waals surface area contributed by atoms with Gasteiger partial charge >= 0.3 is 0 Å². The predicted molar refractivity (Wildman–Crippen MR) is 85.5 cm³/mol. The molecule has 1 unspecified atom stereocenters. The van der Waals surface area contributed by atoms with Crippen LogP contribution in [0.2, 0.25) is 5.02 Å². The number of amides is 1. The molecule has 1 aliphatic rings. The normalized spacial score (nSPS) is 20.3. The molecule has 0 spiro atoms. The lowest BCUT2D eigenvalue weighted by atomic mass is 10.1. The minimum Gasteiger partial charge on any atom is -0.350 e. The Hall–Kier alpha value is -1.34. The fourth-order valence-electron chi connectivity index (χ4n) is 2.46. The summed E-state index contributed by atoms with van der Waals surface area (Å²) in [6.45, 7) is 3.59. The number of piperazine rings is 1. The zero-order valence-corrected chi connectivity index (χ0v) is 13.2. The van der Waals surface area contributed by atoms with Gasteiger partial charge in [-0.15, -0.1) is 0 Å². The SMILES string of the molecule is CN1CCN(C)C(CNC(=O)c2cc(Cl)ccc2NN)C1. The van der Waals surface area contributed by atoms with Crippen molar-refractivity contribution in [3.63, 3.8) is 0 Å². The first-order valence-corrected chi connectivity index (χ1v) is 7.32. The van der Waals surface area contributed by atoms with Crippen LogP contribution in [0, 0.1) is 0 Å². The molecule has 1 fully saturated rings. The van der Waals surface area contributed by atoms with E-state index in [2.05, 4.69) is 34.6 Å². The van der Waals surface area contributed by atoms with E-state index < -0.39 is 0 Å². The highest BCUT2D eigenvalue weighted by molar-refractivity contribution is 6.31. The third-order valence-corrected chi connectivity index (χ3v) is 4.10. The summed E-state index contributed by atoms with van der Waals surface area (Å²) in [5.41, 5.74) is 3.54. The van der Waals surface area contributed by atoms with Crippen molar-refractivity contribution >= 4 is 23.2 Å². The lowest BCUT2D eigenvalue weighted by Crippen LogP contribution is -2.54. The van der Waals surface area contributed by atoms with Crippen LogP contribution in [-0.2, 0) is 0 Å². The molecule has 0 radical (unpaired) electrons. The zero-order valence-electron chi connectivity index (χ0n) is 12.4. The van der Waals surface area contributed by atoms with Crippen LogP contribution in [0.1, 0.15) is 10.4 Å². The minimum absolute atomic E-state index is 0.174. The second-order valence-electron chi connectivity index (χ2n) is 5.44. The Morgan fingerprint density at radius 1 is 1.43 bits per heavy atom. The second-order valence-corrected chi connectivity index (χ2v) is 5.88. The summed E-state index contributed by atoms with van der Waals surface area (Å²) in [7, 11) is 4.17. The maximum Gasteiger partial charge on any atom is 0.253 e. The molecule has 0 aliphatic carbocycles. The number of anilines is 1. The van der Waals surface area contributed by atoms with Crippen LogP contribution in [0.5, 0.6) is 0 Å². The van der Waals surface area contributed by atoms with Gasteiger partial charge in [0.1, 0.15) is 0 Å². The van der Waals surface area contributed by atoms with Gasteiger partial charge in [0.2, 0.25) is 0 Å².